The van der Waals surface area contributed by atoms with Crippen LogP contribution in [-0.2, 0) is 11.1 Å². The molecule has 5 heteroatoms. The van der Waals surface area contributed by atoms with Gasteiger partial charge in [0.1, 0.15) is 0 Å². The van der Waals surface area contributed by atoms with E-state index in [1.807, 2.05) is 20.8 Å². The summed E-state index contributed by atoms with van der Waals surface area (Å²) in [6, 6.07) is 5.13. The Bertz CT molecular complexity index is 458. The molecule has 1 amide bonds. The smallest absolute Gasteiger partial charge is 0.255 e. The van der Waals surface area contributed by atoms with Crippen molar-refractivity contribution in [1.29, 1.82) is 0 Å². The molecule has 1 aromatic rings. The van der Waals surface area contributed by atoms with Crippen LogP contribution in [0.1, 0.15) is 29.8 Å². The van der Waals surface area contributed by atoms with Crippen LogP contribution >= 0.6 is 0 Å². The SMILES string of the molecule is C=CCNC(=O)c1ccc(C)cc1OS(C)=O.CC. The molecule has 0 bridgehead atoms. The van der Waals surface area contributed by atoms with Crippen LogP contribution in [0.3, 0.4) is 0 Å². The lowest BCUT2D eigenvalue weighted by Gasteiger charge is -2.09. The molecule has 0 saturated heterocycles. The van der Waals surface area contributed by atoms with Crippen LogP contribution in [0.25, 0.3) is 0 Å². The number of rotatable bonds is 5. The monoisotopic (exact) mass is 283 g/mol. The Morgan fingerprint density at radius 3 is 2.63 bits per heavy atom. The lowest BCUT2D eigenvalue weighted by molar-refractivity contribution is 0.0956. The topological polar surface area (TPSA) is 55.4 Å². The fourth-order valence-electron chi connectivity index (χ4n) is 1.27. The molecule has 0 fully saturated rings. The van der Waals surface area contributed by atoms with Gasteiger partial charge in [-0.25, -0.2) is 4.21 Å². The summed E-state index contributed by atoms with van der Waals surface area (Å²) in [6.07, 6.45) is 3.00. The second-order valence-corrected chi connectivity index (χ2v) is 4.45. The molecule has 0 aromatic heterocycles. The Morgan fingerprint density at radius 1 is 1.47 bits per heavy atom. The van der Waals surface area contributed by atoms with E-state index in [-0.39, 0.29) is 5.91 Å². The maximum atomic E-state index is 11.8. The first-order valence-corrected chi connectivity index (χ1v) is 7.54. The van der Waals surface area contributed by atoms with Crippen LogP contribution in [0.15, 0.2) is 30.9 Å². The molecule has 1 N–H and O–H groups in total. The average molecular weight is 283 g/mol. The molecule has 1 rings (SSSR count). The van der Waals surface area contributed by atoms with Gasteiger partial charge in [0.05, 0.1) is 5.56 Å². The molecular weight excluding hydrogens is 262 g/mol. The molecule has 0 heterocycles. The third-order valence-corrected chi connectivity index (χ3v) is 2.41. The number of amides is 1. The summed E-state index contributed by atoms with van der Waals surface area (Å²) < 4.78 is 16.2. The van der Waals surface area contributed by atoms with Crippen molar-refractivity contribution >= 4 is 17.0 Å². The molecule has 1 unspecified atom stereocenters. The minimum atomic E-state index is -1.46. The van der Waals surface area contributed by atoms with E-state index in [4.69, 9.17) is 4.18 Å². The van der Waals surface area contributed by atoms with Gasteiger partial charge in [0, 0.05) is 12.8 Å². The quantitative estimate of drug-likeness (QED) is 0.845. The van der Waals surface area contributed by atoms with Crippen LogP contribution < -0.4 is 9.50 Å². The Hall–Kier alpha value is -1.62. The second-order valence-electron chi connectivity index (χ2n) is 3.48. The Kier molecular flexibility index (Phi) is 8.53. The van der Waals surface area contributed by atoms with Crippen molar-refractivity contribution in [3.8, 4) is 5.75 Å². The van der Waals surface area contributed by atoms with Crippen LogP contribution in [0.5, 0.6) is 5.75 Å². The van der Waals surface area contributed by atoms with E-state index in [0.717, 1.165) is 5.56 Å². The van der Waals surface area contributed by atoms with Gasteiger partial charge in [-0.15, -0.1) is 6.58 Å². The molecular formula is C14H21NO3S. The van der Waals surface area contributed by atoms with Gasteiger partial charge in [0.2, 0.25) is 11.1 Å². The number of hydrogen-bond donors (Lipinski definition) is 1. The Labute approximate surface area is 117 Å². The van der Waals surface area contributed by atoms with Crippen LogP contribution in [0.2, 0.25) is 0 Å². The van der Waals surface area contributed by atoms with E-state index in [1.54, 1.807) is 24.3 Å². The minimum absolute atomic E-state index is 0.273. The third kappa shape index (κ3) is 6.20. The number of nitrogens with one attached hydrogen (secondary N) is 1. The third-order valence-electron chi connectivity index (χ3n) is 2.00. The first-order chi connectivity index (χ1) is 9.04. The van der Waals surface area contributed by atoms with E-state index >= 15 is 0 Å². The van der Waals surface area contributed by atoms with Gasteiger partial charge in [-0.05, 0) is 24.6 Å². The second kappa shape index (κ2) is 9.33. The van der Waals surface area contributed by atoms with Crippen molar-refractivity contribution in [3.05, 3.63) is 42.0 Å². The molecule has 0 aliphatic rings. The molecule has 4 nitrogen and oxygen atoms in total. The summed E-state index contributed by atoms with van der Waals surface area (Å²) in [5.41, 5.74) is 1.30. The summed E-state index contributed by atoms with van der Waals surface area (Å²) in [7, 11) is 0. The van der Waals surface area contributed by atoms with Crippen molar-refractivity contribution < 1.29 is 13.2 Å². The predicted octanol–water partition coefficient (Wildman–Crippen LogP) is 2.61. The molecule has 0 saturated carbocycles. The molecule has 0 spiro atoms. The lowest BCUT2D eigenvalue weighted by atomic mass is 10.1. The molecule has 0 radical (unpaired) electrons. The highest BCUT2D eigenvalue weighted by atomic mass is 32.2. The standard InChI is InChI=1S/C12H15NO3S.C2H6/c1-4-7-13-12(14)10-6-5-9(2)8-11(10)16-17(3)15;1-2/h4-6,8H,1,7H2,2-3H3,(H,13,14);1-2H3. The van der Waals surface area contributed by atoms with Crippen molar-refractivity contribution in [2.75, 3.05) is 12.8 Å². The summed E-state index contributed by atoms with van der Waals surface area (Å²) in [6.45, 7) is 9.76. The fourth-order valence-corrected chi connectivity index (χ4v) is 1.66. The van der Waals surface area contributed by atoms with Gasteiger partial charge in [0.25, 0.3) is 5.91 Å². The largest absolute Gasteiger partial charge is 0.400 e. The van der Waals surface area contributed by atoms with Gasteiger partial charge < -0.3 is 9.50 Å². The van der Waals surface area contributed by atoms with Gasteiger partial charge in [-0.1, -0.05) is 26.0 Å². The summed E-state index contributed by atoms with van der Waals surface area (Å²) in [5.74, 6) is 0.0535. The van der Waals surface area contributed by atoms with E-state index in [2.05, 4.69) is 11.9 Å². The minimum Gasteiger partial charge on any atom is -0.400 e. The molecule has 1 atom stereocenters. The van der Waals surface area contributed by atoms with Crippen LogP contribution in [-0.4, -0.2) is 22.9 Å². The van der Waals surface area contributed by atoms with E-state index in [9.17, 15) is 9.00 Å². The van der Waals surface area contributed by atoms with E-state index in [1.165, 1.54) is 6.26 Å². The summed E-state index contributed by atoms with van der Waals surface area (Å²) in [4.78, 5) is 11.8. The molecule has 106 valence electrons. The van der Waals surface area contributed by atoms with Crippen molar-refractivity contribution in [3.63, 3.8) is 0 Å². The summed E-state index contributed by atoms with van der Waals surface area (Å²) >= 11 is -1.46. The zero-order chi connectivity index (χ0) is 14.8. The highest BCUT2D eigenvalue weighted by molar-refractivity contribution is 7.79. The first kappa shape index (κ1) is 17.4. The lowest BCUT2D eigenvalue weighted by Crippen LogP contribution is -2.24. The number of carbonyl (C=O) groups is 1. The number of aryl methyl sites for hydroxylation is 1. The molecule has 0 aliphatic carbocycles. The van der Waals surface area contributed by atoms with Crippen LogP contribution in [0.4, 0.5) is 0 Å². The van der Waals surface area contributed by atoms with E-state index in [0.29, 0.717) is 17.9 Å². The highest BCUT2D eigenvalue weighted by Crippen LogP contribution is 2.20. The van der Waals surface area contributed by atoms with Crippen LogP contribution in [0, 0.1) is 6.92 Å². The first-order valence-electron chi connectivity index (χ1n) is 6.06. The van der Waals surface area contributed by atoms with E-state index < -0.39 is 11.1 Å². The maximum absolute atomic E-state index is 11.8. The zero-order valence-electron chi connectivity index (χ0n) is 11.9. The zero-order valence-corrected chi connectivity index (χ0v) is 12.7. The molecule has 19 heavy (non-hydrogen) atoms. The predicted molar refractivity (Wildman–Crippen MR) is 79.8 cm³/mol. The Balaban J connectivity index is 0.00000154. The van der Waals surface area contributed by atoms with Gasteiger partial charge in [-0.3, -0.25) is 4.79 Å². The maximum Gasteiger partial charge on any atom is 0.255 e. The number of benzene rings is 1. The number of carbonyl (C=O) groups excluding carboxylic acids is 1. The average Bonchev–Trinajstić information content (AvgIpc) is 2.38. The van der Waals surface area contributed by atoms with Gasteiger partial charge in [0.15, 0.2) is 5.75 Å². The highest BCUT2D eigenvalue weighted by Gasteiger charge is 2.13. The Morgan fingerprint density at radius 2 is 2.11 bits per heavy atom. The fraction of sp³-hybridized carbons (Fsp3) is 0.357. The molecule has 1 aromatic carbocycles. The van der Waals surface area contributed by atoms with Gasteiger partial charge >= 0.3 is 0 Å². The van der Waals surface area contributed by atoms with Crippen molar-refractivity contribution in [1.82, 2.24) is 5.32 Å². The van der Waals surface area contributed by atoms with Crippen molar-refractivity contribution in [2.45, 2.75) is 20.8 Å². The number of hydrogen-bond acceptors (Lipinski definition) is 3. The van der Waals surface area contributed by atoms with Gasteiger partial charge in [-0.2, -0.15) is 0 Å². The molecule has 0 aliphatic heterocycles. The summed E-state index contributed by atoms with van der Waals surface area (Å²) in [5, 5.41) is 2.65. The normalized spacial score (nSPS) is 10.7. The van der Waals surface area contributed by atoms with Crippen molar-refractivity contribution in [2.24, 2.45) is 0 Å².